The molecule has 0 aliphatic carbocycles. The topological polar surface area (TPSA) is 63.2 Å². The third kappa shape index (κ3) is 3.10. The van der Waals surface area contributed by atoms with Crippen molar-refractivity contribution in [2.45, 2.75) is 51.7 Å². The van der Waals surface area contributed by atoms with Gasteiger partial charge in [-0.25, -0.2) is 4.98 Å². The first-order chi connectivity index (χ1) is 9.57. The number of rotatable bonds is 5. The SMILES string of the molecule is CCC1(C(=O)Nc2cccnc2OC(C)C)CCCN1. The Morgan fingerprint density at radius 3 is 3.00 bits per heavy atom. The lowest BCUT2D eigenvalue weighted by atomic mass is 9.93. The summed E-state index contributed by atoms with van der Waals surface area (Å²) in [5, 5.41) is 6.29. The fourth-order valence-electron chi connectivity index (χ4n) is 2.51. The Morgan fingerprint density at radius 2 is 2.40 bits per heavy atom. The molecule has 1 saturated heterocycles. The molecule has 1 unspecified atom stereocenters. The number of aromatic nitrogens is 1. The van der Waals surface area contributed by atoms with Crippen LogP contribution in [0.3, 0.4) is 0 Å². The van der Waals surface area contributed by atoms with Gasteiger partial charge in [0.15, 0.2) is 0 Å². The zero-order chi connectivity index (χ0) is 14.6. The second-order valence-electron chi connectivity index (χ2n) is 5.44. The number of anilines is 1. The minimum atomic E-state index is -0.453. The maximum atomic E-state index is 12.5. The number of ether oxygens (including phenoxy) is 1. The zero-order valence-corrected chi connectivity index (χ0v) is 12.4. The van der Waals surface area contributed by atoms with Crippen LogP contribution in [0.4, 0.5) is 5.69 Å². The molecular formula is C15H23N3O2. The van der Waals surface area contributed by atoms with Crippen molar-refractivity contribution in [3.8, 4) is 5.88 Å². The molecule has 1 aliphatic heterocycles. The number of carbonyl (C=O) groups is 1. The minimum absolute atomic E-state index is 0.000828. The van der Waals surface area contributed by atoms with Crippen molar-refractivity contribution in [2.24, 2.45) is 0 Å². The molecule has 1 atom stereocenters. The van der Waals surface area contributed by atoms with Gasteiger partial charge in [-0.2, -0.15) is 0 Å². The van der Waals surface area contributed by atoms with Gasteiger partial charge in [-0.1, -0.05) is 6.92 Å². The summed E-state index contributed by atoms with van der Waals surface area (Å²) >= 11 is 0. The molecule has 110 valence electrons. The van der Waals surface area contributed by atoms with Gasteiger partial charge in [-0.05, 0) is 51.8 Å². The van der Waals surface area contributed by atoms with E-state index in [1.807, 2.05) is 26.8 Å². The molecule has 0 bridgehead atoms. The number of nitrogens with zero attached hydrogens (tertiary/aromatic N) is 1. The third-order valence-corrected chi connectivity index (χ3v) is 3.65. The van der Waals surface area contributed by atoms with Crippen molar-refractivity contribution in [1.29, 1.82) is 0 Å². The second-order valence-corrected chi connectivity index (χ2v) is 5.44. The Morgan fingerprint density at radius 1 is 1.60 bits per heavy atom. The molecule has 0 spiro atoms. The number of carbonyl (C=O) groups excluding carboxylic acids is 1. The fourth-order valence-corrected chi connectivity index (χ4v) is 2.51. The highest BCUT2D eigenvalue weighted by Crippen LogP contribution is 2.27. The van der Waals surface area contributed by atoms with Gasteiger partial charge in [-0.15, -0.1) is 0 Å². The molecule has 5 heteroatoms. The van der Waals surface area contributed by atoms with Gasteiger partial charge in [0.2, 0.25) is 11.8 Å². The zero-order valence-electron chi connectivity index (χ0n) is 12.4. The van der Waals surface area contributed by atoms with Crippen molar-refractivity contribution in [3.05, 3.63) is 18.3 Å². The summed E-state index contributed by atoms with van der Waals surface area (Å²) < 4.78 is 5.63. The molecule has 1 aliphatic rings. The van der Waals surface area contributed by atoms with Gasteiger partial charge in [0.25, 0.3) is 0 Å². The molecule has 1 fully saturated rings. The fraction of sp³-hybridized carbons (Fsp3) is 0.600. The Labute approximate surface area is 120 Å². The van der Waals surface area contributed by atoms with Crippen LogP contribution in [0.25, 0.3) is 0 Å². The first kappa shape index (κ1) is 14.8. The molecule has 1 aromatic heterocycles. The van der Waals surface area contributed by atoms with E-state index >= 15 is 0 Å². The lowest BCUT2D eigenvalue weighted by molar-refractivity contribution is -0.122. The number of hydrogen-bond donors (Lipinski definition) is 2. The highest BCUT2D eigenvalue weighted by atomic mass is 16.5. The molecule has 1 amide bonds. The summed E-state index contributed by atoms with van der Waals surface area (Å²) in [4.78, 5) is 16.7. The molecule has 5 nitrogen and oxygen atoms in total. The molecule has 0 aromatic carbocycles. The molecule has 20 heavy (non-hydrogen) atoms. The van der Waals surface area contributed by atoms with Crippen LogP contribution in [0.1, 0.15) is 40.0 Å². The monoisotopic (exact) mass is 277 g/mol. The maximum Gasteiger partial charge on any atom is 0.244 e. The molecule has 0 radical (unpaired) electrons. The van der Waals surface area contributed by atoms with Crippen LogP contribution in [0.15, 0.2) is 18.3 Å². The Hall–Kier alpha value is -1.62. The Balaban J connectivity index is 2.15. The maximum absolute atomic E-state index is 12.5. The summed E-state index contributed by atoms with van der Waals surface area (Å²) in [6, 6.07) is 3.62. The highest BCUT2D eigenvalue weighted by Gasteiger charge is 2.39. The standard InChI is InChI=1S/C15H23N3O2/c1-4-15(8-6-10-17-15)14(19)18-12-7-5-9-16-13(12)20-11(2)3/h5,7,9,11,17H,4,6,8,10H2,1-3H3,(H,18,19). The van der Waals surface area contributed by atoms with E-state index in [4.69, 9.17) is 4.74 Å². The summed E-state index contributed by atoms with van der Waals surface area (Å²) in [6.07, 6.45) is 4.36. The lowest BCUT2D eigenvalue weighted by Gasteiger charge is -2.27. The van der Waals surface area contributed by atoms with E-state index in [1.54, 1.807) is 12.3 Å². The molecule has 2 rings (SSSR count). The Kier molecular flexibility index (Phi) is 4.60. The number of pyridine rings is 1. The first-order valence-corrected chi connectivity index (χ1v) is 7.25. The van der Waals surface area contributed by atoms with Crippen LogP contribution in [0.2, 0.25) is 0 Å². The van der Waals surface area contributed by atoms with Crippen molar-refractivity contribution in [3.63, 3.8) is 0 Å². The number of hydrogen-bond acceptors (Lipinski definition) is 4. The van der Waals surface area contributed by atoms with E-state index in [1.165, 1.54) is 0 Å². The van der Waals surface area contributed by atoms with Gasteiger partial charge < -0.3 is 15.4 Å². The van der Waals surface area contributed by atoms with Crippen molar-refractivity contribution < 1.29 is 9.53 Å². The molecule has 2 heterocycles. The normalized spacial score (nSPS) is 22.0. The molecule has 1 aromatic rings. The van der Waals surface area contributed by atoms with Crippen molar-refractivity contribution >= 4 is 11.6 Å². The summed E-state index contributed by atoms with van der Waals surface area (Å²) in [6.45, 7) is 6.80. The van der Waals surface area contributed by atoms with Crippen LogP contribution in [-0.2, 0) is 4.79 Å². The largest absolute Gasteiger partial charge is 0.473 e. The molecular weight excluding hydrogens is 254 g/mol. The summed E-state index contributed by atoms with van der Waals surface area (Å²) in [5.41, 5.74) is 0.179. The average molecular weight is 277 g/mol. The Bertz CT molecular complexity index is 468. The van der Waals surface area contributed by atoms with E-state index in [0.29, 0.717) is 11.6 Å². The minimum Gasteiger partial charge on any atom is -0.473 e. The molecule has 2 N–H and O–H groups in total. The number of amides is 1. The van der Waals surface area contributed by atoms with Crippen molar-refractivity contribution in [2.75, 3.05) is 11.9 Å². The number of nitrogens with one attached hydrogen (secondary N) is 2. The van der Waals surface area contributed by atoms with Crippen LogP contribution in [-0.4, -0.2) is 29.1 Å². The predicted molar refractivity (Wildman–Crippen MR) is 78.9 cm³/mol. The van der Waals surface area contributed by atoms with E-state index in [-0.39, 0.29) is 12.0 Å². The van der Waals surface area contributed by atoms with E-state index in [9.17, 15) is 4.79 Å². The van der Waals surface area contributed by atoms with Crippen LogP contribution < -0.4 is 15.4 Å². The van der Waals surface area contributed by atoms with Crippen LogP contribution >= 0.6 is 0 Å². The average Bonchev–Trinajstić information content (AvgIpc) is 2.90. The van der Waals surface area contributed by atoms with Gasteiger partial charge in [0.1, 0.15) is 5.69 Å². The van der Waals surface area contributed by atoms with Gasteiger partial charge in [0.05, 0.1) is 11.6 Å². The quantitative estimate of drug-likeness (QED) is 0.867. The van der Waals surface area contributed by atoms with E-state index < -0.39 is 5.54 Å². The van der Waals surface area contributed by atoms with Crippen molar-refractivity contribution in [1.82, 2.24) is 10.3 Å². The first-order valence-electron chi connectivity index (χ1n) is 7.25. The van der Waals surface area contributed by atoms with Gasteiger partial charge >= 0.3 is 0 Å². The second kappa shape index (κ2) is 6.22. The smallest absolute Gasteiger partial charge is 0.244 e. The van der Waals surface area contributed by atoms with E-state index in [0.717, 1.165) is 25.8 Å². The predicted octanol–water partition coefficient (Wildman–Crippen LogP) is 2.34. The summed E-state index contributed by atoms with van der Waals surface area (Å²) in [7, 11) is 0. The van der Waals surface area contributed by atoms with Crippen LogP contribution in [0, 0.1) is 0 Å². The molecule has 0 saturated carbocycles. The third-order valence-electron chi connectivity index (χ3n) is 3.65. The van der Waals surface area contributed by atoms with Gasteiger partial charge in [0, 0.05) is 6.20 Å². The van der Waals surface area contributed by atoms with Crippen LogP contribution in [0.5, 0.6) is 5.88 Å². The van der Waals surface area contributed by atoms with Gasteiger partial charge in [-0.3, -0.25) is 4.79 Å². The summed E-state index contributed by atoms with van der Waals surface area (Å²) in [5.74, 6) is 0.471. The van der Waals surface area contributed by atoms with E-state index in [2.05, 4.69) is 15.6 Å². The lowest BCUT2D eigenvalue weighted by Crippen LogP contribution is -2.50. The highest BCUT2D eigenvalue weighted by molar-refractivity contribution is 5.99.